The van der Waals surface area contributed by atoms with E-state index in [9.17, 15) is 22.8 Å². The molecular weight excluding hydrogens is 528 g/mol. The van der Waals surface area contributed by atoms with Crippen LogP contribution in [0.2, 0.25) is 0 Å². The average Bonchev–Trinajstić information content (AvgIpc) is 3.61. The number of amides is 3. The lowest BCUT2D eigenvalue weighted by Crippen LogP contribution is -2.41. The molecular formula is C26H30N4O6S2. The molecule has 3 N–H and O–H groups in total. The maximum atomic E-state index is 13.1. The SMILES string of the molecule is CCCS(=O)(=O)C(C(=O)NCC(=O)NC1CC1)c1nc2ccc(-c3ccc(N(C)C(=O)CO)cc3)cc2s1. The summed E-state index contributed by atoms with van der Waals surface area (Å²) in [6.45, 7) is 0.851. The Balaban J connectivity index is 1.59. The predicted octanol–water partition coefficient (Wildman–Crippen LogP) is 2.18. The van der Waals surface area contributed by atoms with Crippen molar-refractivity contribution in [2.24, 2.45) is 0 Å². The number of carbonyl (C=O) groups excluding carboxylic acids is 3. The summed E-state index contributed by atoms with van der Waals surface area (Å²) < 4.78 is 26.9. The molecule has 1 fully saturated rings. The average molecular weight is 559 g/mol. The van der Waals surface area contributed by atoms with Crippen LogP contribution in [0.25, 0.3) is 21.3 Å². The van der Waals surface area contributed by atoms with Gasteiger partial charge in [0.1, 0.15) is 11.6 Å². The molecule has 3 amide bonds. The molecule has 1 heterocycles. The monoisotopic (exact) mass is 558 g/mol. The zero-order chi connectivity index (χ0) is 27.4. The number of benzene rings is 2. The van der Waals surface area contributed by atoms with E-state index >= 15 is 0 Å². The van der Waals surface area contributed by atoms with Crippen LogP contribution in [-0.2, 0) is 24.2 Å². The van der Waals surface area contributed by atoms with Crippen molar-refractivity contribution in [3.05, 3.63) is 47.5 Å². The first kappa shape index (κ1) is 27.7. The molecule has 1 atom stereocenters. The van der Waals surface area contributed by atoms with Crippen LogP contribution in [0.5, 0.6) is 0 Å². The van der Waals surface area contributed by atoms with E-state index in [1.54, 1.807) is 32.2 Å². The molecule has 10 nitrogen and oxygen atoms in total. The van der Waals surface area contributed by atoms with E-state index < -0.39 is 33.5 Å². The van der Waals surface area contributed by atoms with E-state index in [0.29, 0.717) is 22.3 Å². The molecule has 12 heteroatoms. The minimum Gasteiger partial charge on any atom is -0.387 e. The Kier molecular flexibility index (Phi) is 8.44. The number of nitrogens with zero attached hydrogens (tertiary/aromatic N) is 2. The van der Waals surface area contributed by atoms with Crippen molar-refractivity contribution >= 4 is 54.8 Å². The van der Waals surface area contributed by atoms with E-state index in [1.165, 1.54) is 4.90 Å². The Hall–Kier alpha value is -3.35. The highest BCUT2D eigenvalue weighted by Crippen LogP contribution is 2.34. The molecule has 202 valence electrons. The fourth-order valence-electron chi connectivity index (χ4n) is 3.96. The number of rotatable bonds is 11. The Labute approximate surface area is 225 Å². The van der Waals surface area contributed by atoms with Crippen LogP contribution in [0.1, 0.15) is 36.4 Å². The lowest BCUT2D eigenvalue weighted by Gasteiger charge is -2.16. The minimum absolute atomic E-state index is 0.137. The van der Waals surface area contributed by atoms with E-state index in [1.807, 2.05) is 24.3 Å². The molecule has 0 aliphatic heterocycles. The van der Waals surface area contributed by atoms with E-state index in [-0.39, 0.29) is 29.3 Å². The van der Waals surface area contributed by atoms with E-state index in [4.69, 9.17) is 5.11 Å². The molecule has 0 saturated heterocycles. The summed E-state index contributed by atoms with van der Waals surface area (Å²) in [6.07, 6.45) is 2.16. The molecule has 38 heavy (non-hydrogen) atoms. The number of nitrogens with one attached hydrogen (secondary N) is 2. The van der Waals surface area contributed by atoms with Crippen LogP contribution in [-0.4, -0.2) is 68.2 Å². The predicted molar refractivity (Wildman–Crippen MR) is 147 cm³/mol. The normalized spacial score (nSPS) is 14.2. The molecule has 1 saturated carbocycles. The molecule has 1 aliphatic carbocycles. The van der Waals surface area contributed by atoms with Crippen LogP contribution in [0.15, 0.2) is 42.5 Å². The number of aliphatic hydroxyl groups is 1. The zero-order valence-corrected chi connectivity index (χ0v) is 22.8. The summed E-state index contributed by atoms with van der Waals surface area (Å²) in [5, 5.41) is 13.0. The van der Waals surface area contributed by atoms with Crippen molar-refractivity contribution in [2.45, 2.75) is 37.5 Å². The van der Waals surface area contributed by atoms with Crippen molar-refractivity contribution in [3.8, 4) is 11.1 Å². The topological polar surface area (TPSA) is 146 Å². The number of carbonyl (C=O) groups is 3. The molecule has 2 aromatic carbocycles. The molecule has 1 aliphatic rings. The highest BCUT2D eigenvalue weighted by Gasteiger charge is 2.36. The molecule has 1 unspecified atom stereocenters. The number of thiazole rings is 1. The van der Waals surface area contributed by atoms with Crippen LogP contribution in [0, 0.1) is 0 Å². The molecule has 1 aromatic heterocycles. The summed E-state index contributed by atoms with van der Waals surface area (Å²) in [7, 11) is -2.28. The first-order valence-corrected chi connectivity index (χ1v) is 14.8. The number of aliphatic hydroxyl groups excluding tert-OH is 1. The maximum absolute atomic E-state index is 13.1. The molecule has 4 rings (SSSR count). The van der Waals surface area contributed by atoms with Gasteiger partial charge in [-0.2, -0.15) is 0 Å². The van der Waals surface area contributed by atoms with Gasteiger partial charge in [0, 0.05) is 18.8 Å². The summed E-state index contributed by atoms with van der Waals surface area (Å²) in [5.74, 6) is -1.71. The Bertz CT molecular complexity index is 1450. The second-order valence-corrected chi connectivity index (χ2v) is 12.5. The number of anilines is 1. The first-order chi connectivity index (χ1) is 18.1. The highest BCUT2D eigenvalue weighted by molar-refractivity contribution is 7.92. The molecule has 0 radical (unpaired) electrons. The van der Waals surface area contributed by atoms with Gasteiger partial charge in [-0.15, -0.1) is 11.3 Å². The van der Waals surface area contributed by atoms with Crippen LogP contribution >= 0.6 is 11.3 Å². The number of sulfone groups is 1. The smallest absolute Gasteiger partial charge is 0.252 e. The quantitative estimate of drug-likeness (QED) is 0.327. The van der Waals surface area contributed by atoms with Crippen LogP contribution < -0.4 is 15.5 Å². The van der Waals surface area contributed by atoms with Crippen molar-refractivity contribution in [1.29, 1.82) is 0 Å². The number of hydrogen-bond acceptors (Lipinski definition) is 8. The zero-order valence-electron chi connectivity index (χ0n) is 21.1. The fraction of sp³-hybridized carbons (Fsp3) is 0.385. The highest BCUT2D eigenvalue weighted by atomic mass is 32.2. The standard InChI is InChI=1S/C26H30N4O6S2/c1-3-12-38(35,36)24(25(34)27-14-22(32)28-18-7-8-18)26-29-20-11-6-17(13-21(20)37-26)16-4-9-19(10-5-16)30(2)23(33)15-31/h4-6,9-11,13,18,24,31H,3,7-8,12,14-15H2,1-2H3,(H,27,34)(H,28,32). The lowest BCUT2D eigenvalue weighted by molar-refractivity contribution is -0.126. The third-order valence-electron chi connectivity index (χ3n) is 6.18. The number of likely N-dealkylation sites (N-methyl/N-ethyl adjacent to an activating group) is 1. The van der Waals surface area contributed by atoms with E-state index in [0.717, 1.165) is 35.3 Å². The van der Waals surface area contributed by atoms with Gasteiger partial charge in [0.2, 0.25) is 11.8 Å². The van der Waals surface area contributed by atoms with Gasteiger partial charge >= 0.3 is 0 Å². The van der Waals surface area contributed by atoms with Crippen LogP contribution in [0.3, 0.4) is 0 Å². The van der Waals surface area contributed by atoms with Gasteiger partial charge in [0.25, 0.3) is 5.91 Å². The van der Waals surface area contributed by atoms with Gasteiger partial charge in [-0.25, -0.2) is 13.4 Å². The number of hydrogen-bond donors (Lipinski definition) is 3. The van der Waals surface area contributed by atoms with Gasteiger partial charge < -0.3 is 20.6 Å². The van der Waals surface area contributed by atoms with Gasteiger partial charge in [0.15, 0.2) is 15.1 Å². The third kappa shape index (κ3) is 6.37. The van der Waals surface area contributed by atoms with Crippen molar-refractivity contribution in [2.75, 3.05) is 30.9 Å². The number of fused-ring (bicyclic) bond motifs is 1. The second-order valence-electron chi connectivity index (χ2n) is 9.20. The minimum atomic E-state index is -3.86. The van der Waals surface area contributed by atoms with Gasteiger partial charge in [0.05, 0.1) is 22.5 Å². The van der Waals surface area contributed by atoms with Crippen molar-refractivity contribution in [3.63, 3.8) is 0 Å². The van der Waals surface area contributed by atoms with Gasteiger partial charge in [-0.1, -0.05) is 25.1 Å². The summed E-state index contributed by atoms with van der Waals surface area (Å²) >= 11 is 1.13. The summed E-state index contributed by atoms with van der Waals surface area (Å²) in [6, 6.07) is 12.8. The summed E-state index contributed by atoms with van der Waals surface area (Å²) in [5.41, 5.74) is 2.92. The largest absolute Gasteiger partial charge is 0.387 e. The Morgan fingerprint density at radius 3 is 2.45 bits per heavy atom. The van der Waals surface area contributed by atoms with Gasteiger partial charge in [-0.05, 0) is 54.7 Å². The lowest BCUT2D eigenvalue weighted by atomic mass is 10.1. The molecule has 3 aromatic rings. The molecule has 0 bridgehead atoms. The Morgan fingerprint density at radius 2 is 1.82 bits per heavy atom. The van der Waals surface area contributed by atoms with E-state index in [2.05, 4.69) is 15.6 Å². The first-order valence-electron chi connectivity index (χ1n) is 12.3. The Morgan fingerprint density at radius 1 is 1.13 bits per heavy atom. The fourth-order valence-corrected chi connectivity index (χ4v) is 7.11. The van der Waals surface area contributed by atoms with Crippen molar-refractivity contribution in [1.82, 2.24) is 15.6 Å². The third-order valence-corrected chi connectivity index (χ3v) is 9.54. The molecule has 0 spiro atoms. The van der Waals surface area contributed by atoms with Crippen molar-refractivity contribution < 1.29 is 27.9 Å². The maximum Gasteiger partial charge on any atom is 0.252 e. The van der Waals surface area contributed by atoms with Crippen LogP contribution in [0.4, 0.5) is 5.69 Å². The second kappa shape index (κ2) is 11.6. The van der Waals surface area contributed by atoms with Gasteiger partial charge in [-0.3, -0.25) is 14.4 Å². The summed E-state index contributed by atoms with van der Waals surface area (Å²) in [4.78, 5) is 42.6. The number of aromatic nitrogens is 1.